The number of rotatable bonds is 3. The Morgan fingerprint density at radius 2 is 1.95 bits per heavy atom. The number of carbonyl (C=O) groups excluding carboxylic acids is 1. The van der Waals surface area contributed by atoms with Crippen molar-refractivity contribution in [2.45, 2.75) is 39.5 Å². The first kappa shape index (κ1) is 13.6. The number of carbonyl (C=O) groups is 1. The molecule has 1 aromatic carbocycles. The summed E-state index contributed by atoms with van der Waals surface area (Å²) in [5.41, 5.74) is 0.351. The second-order valence-corrected chi connectivity index (χ2v) is 6.30. The molecule has 4 nitrogen and oxygen atoms in total. The van der Waals surface area contributed by atoms with Gasteiger partial charge in [-0.3, -0.25) is 9.63 Å². The Hall–Kier alpha value is -1.39. The van der Waals surface area contributed by atoms with Crippen LogP contribution < -0.4 is 0 Å². The van der Waals surface area contributed by atoms with Gasteiger partial charge in [0, 0.05) is 5.41 Å². The number of hydrogen-bond acceptors (Lipinski definition) is 4. The molecule has 1 unspecified atom stereocenters. The summed E-state index contributed by atoms with van der Waals surface area (Å²) in [5.74, 6) is -0.379. The van der Waals surface area contributed by atoms with Gasteiger partial charge in [-0.1, -0.05) is 44.2 Å². The molecule has 1 aromatic rings. The molecule has 0 saturated carbocycles. The number of nitrogens with zero attached hydrogens (tertiary/aromatic N) is 1. The van der Waals surface area contributed by atoms with Gasteiger partial charge in [-0.25, -0.2) is 0 Å². The molecule has 0 aliphatic carbocycles. The van der Waals surface area contributed by atoms with E-state index < -0.39 is 5.54 Å². The first-order chi connectivity index (χ1) is 9.44. The fraction of sp³-hybridized carbons (Fsp3) is 0.562. The van der Waals surface area contributed by atoms with E-state index in [9.17, 15) is 4.79 Å². The largest absolute Gasteiger partial charge is 0.466 e. The van der Waals surface area contributed by atoms with Gasteiger partial charge in [0.05, 0.1) is 18.1 Å². The molecular weight excluding hydrogens is 254 g/mol. The second-order valence-electron chi connectivity index (χ2n) is 6.30. The molecule has 0 N–H and O–H groups in total. The Morgan fingerprint density at radius 3 is 2.55 bits per heavy atom. The molecule has 2 aliphatic heterocycles. The minimum atomic E-state index is -0.471. The third-order valence-corrected chi connectivity index (χ3v) is 4.66. The molecule has 2 saturated heterocycles. The molecule has 0 aromatic heterocycles. The van der Waals surface area contributed by atoms with Gasteiger partial charge in [0.15, 0.2) is 6.23 Å². The Bertz CT molecular complexity index is 528. The van der Waals surface area contributed by atoms with Crippen LogP contribution in [0.25, 0.3) is 0 Å². The molecule has 2 fully saturated rings. The van der Waals surface area contributed by atoms with Crippen molar-refractivity contribution in [3.63, 3.8) is 0 Å². The van der Waals surface area contributed by atoms with Gasteiger partial charge < -0.3 is 4.74 Å². The molecule has 2 heterocycles. The lowest BCUT2D eigenvalue weighted by molar-refractivity contribution is -0.160. The zero-order valence-electron chi connectivity index (χ0n) is 12.4. The molecule has 0 amide bonds. The average Bonchev–Trinajstić information content (AvgIpc) is 3.18. The van der Waals surface area contributed by atoms with Crippen molar-refractivity contribution in [2.75, 3.05) is 6.61 Å². The summed E-state index contributed by atoms with van der Waals surface area (Å²) < 4.78 is 5.33. The zero-order chi connectivity index (χ0) is 14.5. The smallest absolute Gasteiger partial charge is 0.311 e. The maximum absolute atomic E-state index is 12.5. The summed E-state index contributed by atoms with van der Waals surface area (Å²) >= 11 is 0. The maximum Gasteiger partial charge on any atom is 0.311 e. The van der Waals surface area contributed by atoms with E-state index in [4.69, 9.17) is 9.57 Å². The van der Waals surface area contributed by atoms with E-state index in [1.807, 2.05) is 42.3 Å². The molecule has 0 bridgehead atoms. The van der Waals surface area contributed by atoms with Crippen LogP contribution in [0, 0.1) is 11.3 Å². The van der Waals surface area contributed by atoms with E-state index in [0.29, 0.717) is 6.61 Å². The molecule has 3 rings (SSSR count). The van der Waals surface area contributed by atoms with E-state index in [0.717, 1.165) is 5.56 Å². The number of benzene rings is 1. The Kier molecular flexibility index (Phi) is 2.92. The van der Waals surface area contributed by atoms with Gasteiger partial charge in [-0.05, 0) is 19.4 Å². The summed E-state index contributed by atoms with van der Waals surface area (Å²) in [6.07, 6.45) is -0.0119. The van der Waals surface area contributed by atoms with Gasteiger partial charge in [0.2, 0.25) is 0 Å². The topological polar surface area (TPSA) is 41.8 Å². The minimum Gasteiger partial charge on any atom is -0.466 e. The van der Waals surface area contributed by atoms with Gasteiger partial charge in [-0.15, -0.1) is 5.06 Å². The molecule has 4 atom stereocenters. The van der Waals surface area contributed by atoms with Crippen LogP contribution in [0.1, 0.15) is 33.3 Å². The summed E-state index contributed by atoms with van der Waals surface area (Å²) in [6.45, 7) is 8.47. The maximum atomic E-state index is 12.5. The number of hydrogen-bond donors (Lipinski definition) is 0. The predicted octanol–water partition coefficient (Wildman–Crippen LogP) is 2.69. The van der Waals surface area contributed by atoms with E-state index in [1.165, 1.54) is 0 Å². The lowest BCUT2D eigenvalue weighted by Crippen LogP contribution is -2.46. The van der Waals surface area contributed by atoms with Gasteiger partial charge in [-0.2, -0.15) is 0 Å². The van der Waals surface area contributed by atoms with Crippen LogP contribution in [0.4, 0.5) is 0 Å². The fourth-order valence-electron chi connectivity index (χ4n) is 3.69. The second kappa shape index (κ2) is 4.30. The lowest BCUT2D eigenvalue weighted by Gasteiger charge is -2.37. The normalized spacial score (nSPS) is 37.3. The lowest BCUT2D eigenvalue weighted by atomic mass is 9.69. The number of hydroxylamine groups is 2. The fourth-order valence-corrected chi connectivity index (χ4v) is 3.69. The standard InChI is InChI=1S/C16H21NO3/c1-5-19-13(18)12-15(2,3)14-17(20-14)16(12,4)11-9-7-6-8-10-11/h6-10,12,14H,5H2,1-4H3/t12-,14-,16+,17?/m1/s1. The van der Waals surface area contributed by atoms with Crippen LogP contribution in [0.3, 0.4) is 0 Å². The molecular formula is C16H21NO3. The predicted molar refractivity (Wildman–Crippen MR) is 74.4 cm³/mol. The number of ether oxygens (including phenoxy) is 1. The third-order valence-electron chi connectivity index (χ3n) is 4.66. The highest BCUT2D eigenvalue weighted by molar-refractivity contribution is 5.76. The average molecular weight is 275 g/mol. The SMILES string of the molecule is CCOC(=O)[C@@H]1C(C)(C)[C@H]2ON2[C@@]1(C)c1ccccc1. The Balaban J connectivity index is 2.06. The van der Waals surface area contributed by atoms with Crippen molar-refractivity contribution in [1.29, 1.82) is 0 Å². The van der Waals surface area contributed by atoms with Crippen molar-refractivity contribution in [2.24, 2.45) is 11.3 Å². The van der Waals surface area contributed by atoms with Crippen LogP contribution in [-0.4, -0.2) is 23.9 Å². The van der Waals surface area contributed by atoms with Crippen LogP contribution in [0.5, 0.6) is 0 Å². The summed E-state index contributed by atoms with van der Waals surface area (Å²) in [5, 5.41) is 1.95. The summed E-state index contributed by atoms with van der Waals surface area (Å²) in [6, 6.07) is 10.1. The highest BCUT2D eigenvalue weighted by Crippen LogP contribution is 2.63. The van der Waals surface area contributed by atoms with Crippen molar-refractivity contribution in [1.82, 2.24) is 5.06 Å². The molecule has 4 heteroatoms. The molecule has 2 aliphatic rings. The molecule has 0 spiro atoms. The highest BCUT2D eigenvalue weighted by Gasteiger charge is 2.73. The van der Waals surface area contributed by atoms with E-state index in [1.54, 1.807) is 0 Å². The van der Waals surface area contributed by atoms with Gasteiger partial charge in [0.25, 0.3) is 0 Å². The first-order valence-corrected chi connectivity index (χ1v) is 7.12. The minimum absolute atomic E-state index is 0.0119. The highest BCUT2D eigenvalue weighted by atomic mass is 16.8. The quantitative estimate of drug-likeness (QED) is 0.628. The first-order valence-electron chi connectivity index (χ1n) is 7.12. The summed E-state index contributed by atoms with van der Waals surface area (Å²) in [7, 11) is 0. The molecule has 0 radical (unpaired) electrons. The van der Waals surface area contributed by atoms with Crippen LogP contribution in [0.2, 0.25) is 0 Å². The van der Waals surface area contributed by atoms with E-state index in [-0.39, 0.29) is 23.5 Å². The van der Waals surface area contributed by atoms with E-state index >= 15 is 0 Å². The van der Waals surface area contributed by atoms with Crippen molar-refractivity contribution in [3.8, 4) is 0 Å². The zero-order valence-corrected chi connectivity index (χ0v) is 12.4. The molecule has 108 valence electrons. The van der Waals surface area contributed by atoms with Crippen molar-refractivity contribution in [3.05, 3.63) is 35.9 Å². The van der Waals surface area contributed by atoms with E-state index in [2.05, 4.69) is 20.8 Å². The Morgan fingerprint density at radius 1 is 1.30 bits per heavy atom. The number of fused-ring (bicyclic) bond motifs is 1. The third kappa shape index (κ3) is 1.64. The van der Waals surface area contributed by atoms with Gasteiger partial charge >= 0.3 is 5.97 Å². The Labute approximate surface area is 119 Å². The van der Waals surface area contributed by atoms with Crippen LogP contribution in [-0.2, 0) is 19.9 Å². The van der Waals surface area contributed by atoms with Crippen molar-refractivity contribution >= 4 is 5.97 Å². The van der Waals surface area contributed by atoms with Crippen LogP contribution in [0.15, 0.2) is 30.3 Å². The van der Waals surface area contributed by atoms with Gasteiger partial charge in [0.1, 0.15) is 0 Å². The monoisotopic (exact) mass is 275 g/mol. The summed E-state index contributed by atoms with van der Waals surface area (Å²) in [4.78, 5) is 18.2. The molecule has 20 heavy (non-hydrogen) atoms. The number of esters is 1. The van der Waals surface area contributed by atoms with Crippen molar-refractivity contribution < 1.29 is 14.4 Å². The van der Waals surface area contributed by atoms with Crippen LogP contribution >= 0.6 is 0 Å².